The molecule has 20 heavy (non-hydrogen) atoms. The van der Waals surface area contributed by atoms with Gasteiger partial charge in [-0.3, -0.25) is 4.79 Å². The fourth-order valence-corrected chi connectivity index (χ4v) is 2.70. The van der Waals surface area contributed by atoms with Crippen LogP contribution in [0.1, 0.15) is 0 Å². The molecule has 6 heteroatoms. The van der Waals surface area contributed by atoms with E-state index >= 15 is 0 Å². The first-order chi connectivity index (χ1) is 9.47. The zero-order chi connectivity index (χ0) is 14.6. The van der Waals surface area contributed by atoms with Crippen LogP contribution in [0.15, 0.2) is 59.5 Å². The van der Waals surface area contributed by atoms with Gasteiger partial charge in [0.05, 0.1) is 4.90 Å². The zero-order valence-electron chi connectivity index (χ0n) is 10.5. The lowest BCUT2D eigenvalue weighted by Gasteiger charge is -2.06. The molecule has 5 nitrogen and oxygen atoms in total. The van der Waals surface area contributed by atoms with Gasteiger partial charge in [-0.05, 0) is 36.4 Å². The summed E-state index contributed by atoms with van der Waals surface area (Å²) in [5.74, 6) is -0.421. The summed E-state index contributed by atoms with van der Waals surface area (Å²) in [6, 6.07) is 14.9. The summed E-state index contributed by atoms with van der Waals surface area (Å²) in [4.78, 5) is 10.8. The van der Waals surface area contributed by atoms with Crippen LogP contribution >= 0.6 is 0 Å². The fraction of sp³-hybridized carbons (Fsp3) is 0.0714. The molecule has 0 atom stereocenters. The van der Waals surface area contributed by atoms with Gasteiger partial charge in [0.2, 0.25) is 5.91 Å². The van der Waals surface area contributed by atoms with Crippen molar-refractivity contribution >= 4 is 15.7 Å². The second-order valence-corrected chi connectivity index (χ2v) is 6.10. The zero-order valence-corrected chi connectivity index (χ0v) is 11.3. The van der Waals surface area contributed by atoms with Crippen LogP contribution in [0.25, 0.3) is 0 Å². The lowest BCUT2D eigenvalue weighted by atomic mass is 10.3. The van der Waals surface area contributed by atoms with E-state index in [0.29, 0.717) is 11.5 Å². The van der Waals surface area contributed by atoms with Crippen molar-refractivity contribution in [2.75, 3.05) is 5.75 Å². The summed E-state index contributed by atoms with van der Waals surface area (Å²) in [5.41, 5.74) is 4.91. The minimum atomic E-state index is -3.68. The lowest BCUT2D eigenvalue weighted by molar-refractivity contribution is -0.115. The van der Waals surface area contributed by atoms with Gasteiger partial charge in [0, 0.05) is 0 Å². The monoisotopic (exact) mass is 291 g/mol. The Kier molecular flexibility index (Phi) is 4.05. The highest BCUT2D eigenvalue weighted by Gasteiger charge is 2.17. The molecule has 0 saturated heterocycles. The van der Waals surface area contributed by atoms with E-state index < -0.39 is 21.5 Å². The predicted molar refractivity (Wildman–Crippen MR) is 74.2 cm³/mol. The SMILES string of the molecule is NC(=O)CS(=O)(=O)c1ccc(Oc2ccccc2)cc1. The highest BCUT2D eigenvalue weighted by atomic mass is 32.2. The Morgan fingerprint density at radius 2 is 1.50 bits per heavy atom. The minimum Gasteiger partial charge on any atom is -0.457 e. The number of rotatable bonds is 5. The molecule has 2 rings (SSSR count). The Hall–Kier alpha value is -2.34. The van der Waals surface area contributed by atoms with Crippen LogP contribution in [-0.4, -0.2) is 20.1 Å². The van der Waals surface area contributed by atoms with Gasteiger partial charge < -0.3 is 10.5 Å². The average molecular weight is 291 g/mol. The van der Waals surface area contributed by atoms with Crippen molar-refractivity contribution in [3.63, 3.8) is 0 Å². The highest BCUT2D eigenvalue weighted by molar-refractivity contribution is 7.92. The Bertz CT molecular complexity index is 694. The second kappa shape index (κ2) is 5.75. The molecule has 1 amide bonds. The maximum absolute atomic E-state index is 11.8. The molecule has 0 heterocycles. The Morgan fingerprint density at radius 1 is 0.950 bits per heavy atom. The Morgan fingerprint density at radius 3 is 2.05 bits per heavy atom. The number of benzene rings is 2. The smallest absolute Gasteiger partial charge is 0.233 e. The van der Waals surface area contributed by atoms with E-state index in [9.17, 15) is 13.2 Å². The van der Waals surface area contributed by atoms with Crippen molar-refractivity contribution in [2.24, 2.45) is 5.73 Å². The molecular weight excluding hydrogens is 278 g/mol. The minimum absolute atomic E-state index is 0.0386. The van der Waals surface area contributed by atoms with Crippen LogP contribution in [0.4, 0.5) is 0 Å². The maximum atomic E-state index is 11.8. The first-order valence-corrected chi connectivity index (χ1v) is 7.47. The molecule has 0 radical (unpaired) electrons. The number of hydrogen-bond acceptors (Lipinski definition) is 4. The summed E-state index contributed by atoms with van der Waals surface area (Å²) in [6.45, 7) is 0. The van der Waals surface area contributed by atoms with Crippen molar-refractivity contribution < 1.29 is 17.9 Å². The number of carbonyl (C=O) groups excluding carboxylic acids is 1. The fourth-order valence-electron chi connectivity index (χ4n) is 1.61. The number of carbonyl (C=O) groups is 1. The topological polar surface area (TPSA) is 86.5 Å². The first kappa shape index (κ1) is 14.1. The molecule has 2 N–H and O–H groups in total. The molecule has 104 valence electrons. The van der Waals surface area contributed by atoms with Crippen LogP contribution in [-0.2, 0) is 14.6 Å². The quantitative estimate of drug-likeness (QED) is 0.909. The van der Waals surface area contributed by atoms with E-state index in [1.807, 2.05) is 18.2 Å². The third-order valence-electron chi connectivity index (χ3n) is 2.49. The van der Waals surface area contributed by atoms with Gasteiger partial charge in [0.1, 0.15) is 17.3 Å². The largest absolute Gasteiger partial charge is 0.457 e. The van der Waals surface area contributed by atoms with Gasteiger partial charge >= 0.3 is 0 Å². The van der Waals surface area contributed by atoms with Gasteiger partial charge in [-0.15, -0.1) is 0 Å². The summed E-state index contributed by atoms with van der Waals surface area (Å²) in [6.07, 6.45) is 0. The predicted octanol–water partition coefficient (Wildman–Crippen LogP) is 1.74. The molecule has 0 spiro atoms. The van der Waals surface area contributed by atoms with Crippen molar-refractivity contribution in [3.05, 3.63) is 54.6 Å². The average Bonchev–Trinajstić information content (AvgIpc) is 2.39. The van der Waals surface area contributed by atoms with Gasteiger partial charge in [-0.2, -0.15) is 0 Å². The number of primary amides is 1. The number of nitrogens with two attached hydrogens (primary N) is 1. The van der Waals surface area contributed by atoms with Crippen LogP contribution in [0, 0.1) is 0 Å². The molecular formula is C14H13NO4S. The third kappa shape index (κ3) is 3.58. The molecule has 0 fully saturated rings. The van der Waals surface area contributed by atoms with Gasteiger partial charge in [-0.1, -0.05) is 18.2 Å². The van der Waals surface area contributed by atoms with E-state index in [1.165, 1.54) is 24.3 Å². The van der Waals surface area contributed by atoms with Crippen molar-refractivity contribution in [1.82, 2.24) is 0 Å². The standard InChI is InChI=1S/C14H13NO4S/c15-14(16)10-20(17,18)13-8-6-12(7-9-13)19-11-4-2-1-3-5-11/h1-9H,10H2,(H2,15,16). The van der Waals surface area contributed by atoms with Crippen molar-refractivity contribution in [1.29, 1.82) is 0 Å². The molecule has 2 aromatic carbocycles. The molecule has 2 aromatic rings. The summed E-state index contributed by atoms with van der Waals surface area (Å²) in [5, 5.41) is 0. The van der Waals surface area contributed by atoms with Crippen LogP contribution in [0.2, 0.25) is 0 Å². The summed E-state index contributed by atoms with van der Waals surface area (Å²) >= 11 is 0. The van der Waals surface area contributed by atoms with Crippen LogP contribution in [0.3, 0.4) is 0 Å². The van der Waals surface area contributed by atoms with E-state index in [0.717, 1.165) is 0 Å². The number of amides is 1. The molecule has 0 unspecified atom stereocenters. The number of ether oxygens (including phenoxy) is 1. The van der Waals surface area contributed by atoms with E-state index in [1.54, 1.807) is 12.1 Å². The summed E-state index contributed by atoms with van der Waals surface area (Å²) in [7, 11) is -3.68. The van der Waals surface area contributed by atoms with Gasteiger partial charge in [0.15, 0.2) is 9.84 Å². The Labute approximate surface area is 116 Å². The van der Waals surface area contributed by atoms with Gasteiger partial charge in [-0.25, -0.2) is 8.42 Å². The maximum Gasteiger partial charge on any atom is 0.233 e. The van der Waals surface area contributed by atoms with E-state index in [4.69, 9.17) is 10.5 Å². The van der Waals surface area contributed by atoms with Crippen LogP contribution in [0.5, 0.6) is 11.5 Å². The van der Waals surface area contributed by atoms with Crippen LogP contribution < -0.4 is 10.5 Å². The first-order valence-electron chi connectivity index (χ1n) is 5.81. The lowest BCUT2D eigenvalue weighted by Crippen LogP contribution is -2.23. The molecule has 0 aromatic heterocycles. The number of sulfone groups is 1. The van der Waals surface area contributed by atoms with Gasteiger partial charge in [0.25, 0.3) is 0 Å². The normalized spacial score (nSPS) is 11.0. The molecule has 0 bridgehead atoms. The highest BCUT2D eigenvalue weighted by Crippen LogP contribution is 2.22. The molecule has 0 aliphatic rings. The van der Waals surface area contributed by atoms with E-state index in [-0.39, 0.29) is 4.90 Å². The third-order valence-corrected chi connectivity index (χ3v) is 4.15. The van der Waals surface area contributed by atoms with Crippen molar-refractivity contribution in [3.8, 4) is 11.5 Å². The molecule has 0 saturated carbocycles. The number of para-hydroxylation sites is 1. The summed E-state index contributed by atoms with van der Waals surface area (Å²) < 4.78 is 29.1. The molecule has 0 aliphatic carbocycles. The second-order valence-electron chi connectivity index (χ2n) is 4.11. The molecule has 0 aliphatic heterocycles. The van der Waals surface area contributed by atoms with E-state index in [2.05, 4.69) is 0 Å². The number of hydrogen-bond donors (Lipinski definition) is 1. The Balaban J connectivity index is 2.16. The van der Waals surface area contributed by atoms with Crippen molar-refractivity contribution in [2.45, 2.75) is 4.90 Å².